The maximum absolute atomic E-state index is 12.7. The van der Waals surface area contributed by atoms with Crippen LogP contribution < -0.4 is 4.74 Å². The molecule has 0 N–H and O–H groups in total. The quantitative estimate of drug-likeness (QED) is 0.838. The van der Waals surface area contributed by atoms with Gasteiger partial charge in [0.15, 0.2) is 5.79 Å². The molecule has 0 aromatic heterocycles. The fourth-order valence-corrected chi connectivity index (χ4v) is 3.29. The molecule has 2 aliphatic heterocycles. The van der Waals surface area contributed by atoms with Crippen molar-refractivity contribution in [2.75, 3.05) is 33.4 Å². The normalized spacial score (nSPS) is 20.4. The Morgan fingerprint density at radius 2 is 1.91 bits per heavy atom. The number of carbonyl (C=O) groups excluding carboxylic acids is 1. The highest BCUT2D eigenvalue weighted by atomic mass is 35.5. The number of hydrogen-bond acceptors (Lipinski definition) is 4. The van der Waals surface area contributed by atoms with Crippen molar-refractivity contribution in [3.8, 4) is 5.75 Å². The second-order valence-electron chi connectivity index (χ2n) is 5.70. The molecule has 2 heterocycles. The summed E-state index contributed by atoms with van der Waals surface area (Å²) >= 11 is 6.15. The molecule has 1 aromatic carbocycles. The Labute approximate surface area is 135 Å². The lowest BCUT2D eigenvalue weighted by molar-refractivity contribution is -0.181. The summed E-state index contributed by atoms with van der Waals surface area (Å²) in [6, 6.07) is 3.48. The summed E-state index contributed by atoms with van der Waals surface area (Å²) in [4.78, 5) is 14.6. The molecule has 0 unspecified atom stereocenters. The third-order valence-electron chi connectivity index (χ3n) is 4.36. The number of rotatable bonds is 2. The molecule has 0 bridgehead atoms. The number of carbonyl (C=O) groups is 1. The maximum atomic E-state index is 12.7. The molecule has 2 saturated heterocycles. The van der Waals surface area contributed by atoms with Crippen LogP contribution in [0.1, 0.15) is 28.8 Å². The molecule has 0 aliphatic carbocycles. The average molecular weight is 326 g/mol. The van der Waals surface area contributed by atoms with Crippen LogP contribution in [-0.2, 0) is 9.47 Å². The first-order valence-electron chi connectivity index (χ1n) is 7.46. The van der Waals surface area contributed by atoms with Crippen LogP contribution in [-0.4, -0.2) is 50.0 Å². The Morgan fingerprint density at radius 3 is 2.50 bits per heavy atom. The lowest BCUT2D eigenvalue weighted by Gasteiger charge is -2.37. The number of hydrogen-bond donors (Lipinski definition) is 0. The summed E-state index contributed by atoms with van der Waals surface area (Å²) in [6.45, 7) is 4.42. The second-order valence-corrected chi connectivity index (χ2v) is 6.11. The molecular weight excluding hydrogens is 306 g/mol. The summed E-state index contributed by atoms with van der Waals surface area (Å²) in [6.07, 6.45) is 1.42. The van der Waals surface area contributed by atoms with E-state index in [1.165, 1.54) is 0 Å². The zero-order valence-electron chi connectivity index (χ0n) is 12.9. The molecule has 2 aliphatic rings. The van der Waals surface area contributed by atoms with Crippen LogP contribution in [0, 0.1) is 6.92 Å². The van der Waals surface area contributed by atoms with E-state index in [0.29, 0.717) is 55.5 Å². The molecule has 6 heteroatoms. The lowest BCUT2D eigenvalue weighted by atomic mass is 10.0. The number of halogens is 1. The fourth-order valence-electron chi connectivity index (χ4n) is 3.05. The van der Waals surface area contributed by atoms with Gasteiger partial charge in [0, 0.05) is 31.5 Å². The molecule has 120 valence electrons. The third-order valence-corrected chi connectivity index (χ3v) is 4.65. The van der Waals surface area contributed by atoms with Crippen molar-refractivity contribution in [2.24, 2.45) is 0 Å². The summed E-state index contributed by atoms with van der Waals surface area (Å²) in [5.74, 6) is 0.111. The van der Waals surface area contributed by atoms with E-state index in [2.05, 4.69) is 0 Å². The highest BCUT2D eigenvalue weighted by Crippen LogP contribution is 2.33. The smallest absolute Gasteiger partial charge is 0.254 e. The van der Waals surface area contributed by atoms with E-state index in [4.69, 9.17) is 25.8 Å². The van der Waals surface area contributed by atoms with Crippen LogP contribution in [0.3, 0.4) is 0 Å². The highest BCUT2D eigenvalue weighted by molar-refractivity contribution is 6.32. The van der Waals surface area contributed by atoms with Crippen LogP contribution >= 0.6 is 11.6 Å². The molecule has 1 aromatic rings. The molecule has 0 radical (unpaired) electrons. The number of aryl methyl sites for hydroxylation is 1. The predicted octanol–water partition coefficient (Wildman–Crippen LogP) is 2.64. The van der Waals surface area contributed by atoms with E-state index in [1.54, 1.807) is 19.2 Å². The van der Waals surface area contributed by atoms with Crippen LogP contribution in [0.25, 0.3) is 0 Å². The first-order chi connectivity index (χ1) is 10.5. The van der Waals surface area contributed by atoms with Gasteiger partial charge < -0.3 is 19.1 Å². The Morgan fingerprint density at radius 1 is 1.27 bits per heavy atom. The molecular formula is C16H20ClNO4. The summed E-state index contributed by atoms with van der Waals surface area (Å²) in [5, 5.41) is 0.451. The molecule has 1 spiro atoms. The third kappa shape index (κ3) is 2.81. The zero-order chi connectivity index (χ0) is 15.7. The van der Waals surface area contributed by atoms with Gasteiger partial charge in [-0.15, -0.1) is 0 Å². The molecule has 2 fully saturated rings. The monoisotopic (exact) mass is 325 g/mol. The number of benzene rings is 1. The zero-order valence-corrected chi connectivity index (χ0v) is 13.6. The largest absolute Gasteiger partial charge is 0.495 e. The van der Waals surface area contributed by atoms with Crippen molar-refractivity contribution in [1.29, 1.82) is 0 Å². The molecule has 3 rings (SSSR count). The maximum Gasteiger partial charge on any atom is 0.254 e. The van der Waals surface area contributed by atoms with Gasteiger partial charge in [-0.05, 0) is 24.6 Å². The Balaban J connectivity index is 1.73. The van der Waals surface area contributed by atoms with Gasteiger partial charge in [0.25, 0.3) is 5.91 Å². The second kappa shape index (κ2) is 6.07. The van der Waals surface area contributed by atoms with E-state index >= 15 is 0 Å². The van der Waals surface area contributed by atoms with Gasteiger partial charge in [0.05, 0.1) is 25.3 Å². The first-order valence-corrected chi connectivity index (χ1v) is 7.84. The topological polar surface area (TPSA) is 48.0 Å². The minimum atomic E-state index is -0.469. The van der Waals surface area contributed by atoms with Gasteiger partial charge in [0.2, 0.25) is 0 Å². The molecule has 22 heavy (non-hydrogen) atoms. The summed E-state index contributed by atoms with van der Waals surface area (Å²) in [7, 11) is 1.56. The van der Waals surface area contributed by atoms with Gasteiger partial charge in [-0.1, -0.05) is 11.6 Å². The van der Waals surface area contributed by atoms with Crippen LogP contribution in [0.4, 0.5) is 0 Å². The predicted molar refractivity (Wildman–Crippen MR) is 82.5 cm³/mol. The number of ether oxygens (including phenoxy) is 3. The Bertz CT molecular complexity index is 574. The van der Waals surface area contributed by atoms with Crippen molar-refractivity contribution < 1.29 is 19.0 Å². The molecule has 0 saturated carbocycles. The van der Waals surface area contributed by atoms with E-state index in [-0.39, 0.29) is 5.91 Å². The average Bonchev–Trinajstić information content (AvgIpc) is 2.97. The lowest BCUT2D eigenvalue weighted by Crippen LogP contribution is -2.47. The standard InChI is InChI=1S/C16H20ClNO4/c1-11-9-14(20-2)13(17)10-12(11)15(19)18-5-3-16(4-6-18)21-7-8-22-16/h9-10H,3-8H2,1-2H3. The van der Waals surface area contributed by atoms with Gasteiger partial charge >= 0.3 is 0 Å². The van der Waals surface area contributed by atoms with Crippen molar-refractivity contribution in [3.63, 3.8) is 0 Å². The van der Waals surface area contributed by atoms with E-state index in [0.717, 1.165) is 5.56 Å². The van der Waals surface area contributed by atoms with Gasteiger partial charge in [-0.3, -0.25) is 4.79 Å². The number of piperidine rings is 1. The minimum absolute atomic E-state index is 0.00472. The minimum Gasteiger partial charge on any atom is -0.495 e. The number of likely N-dealkylation sites (tertiary alicyclic amines) is 1. The van der Waals surface area contributed by atoms with E-state index in [1.807, 2.05) is 11.8 Å². The molecule has 0 atom stereocenters. The summed E-state index contributed by atoms with van der Waals surface area (Å²) in [5.41, 5.74) is 1.48. The highest BCUT2D eigenvalue weighted by Gasteiger charge is 2.41. The molecule has 1 amide bonds. The number of methoxy groups -OCH3 is 1. The van der Waals surface area contributed by atoms with Gasteiger partial charge in [-0.25, -0.2) is 0 Å². The Kier molecular flexibility index (Phi) is 4.30. The SMILES string of the molecule is COc1cc(C)c(C(=O)N2CCC3(CC2)OCCO3)cc1Cl. The first kappa shape index (κ1) is 15.6. The van der Waals surface area contributed by atoms with Crippen LogP contribution in [0.15, 0.2) is 12.1 Å². The number of nitrogens with zero attached hydrogens (tertiary/aromatic N) is 1. The van der Waals surface area contributed by atoms with Crippen molar-refractivity contribution in [3.05, 3.63) is 28.3 Å². The van der Waals surface area contributed by atoms with Crippen molar-refractivity contribution in [2.45, 2.75) is 25.6 Å². The fraction of sp³-hybridized carbons (Fsp3) is 0.562. The van der Waals surface area contributed by atoms with E-state index < -0.39 is 5.79 Å². The number of amides is 1. The van der Waals surface area contributed by atoms with Gasteiger partial charge in [0.1, 0.15) is 5.75 Å². The van der Waals surface area contributed by atoms with Gasteiger partial charge in [-0.2, -0.15) is 0 Å². The Hall–Kier alpha value is -1.30. The van der Waals surface area contributed by atoms with Crippen LogP contribution in [0.2, 0.25) is 5.02 Å². The molecule has 5 nitrogen and oxygen atoms in total. The van der Waals surface area contributed by atoms with Crippen molar-refractivity contribution in [1.82, 2.24) is 4.90 Å². The van der Waals surface area contributed by atoms with E-state index in [9.17, 15) is 4.79 Å². The van der Waals surface area contributed by atoms with Crippen molar-refractivity contribution >= 4 is 17.5 Å². The van der Waals surface area contributed by atoms with Crippen LogP contribution in [0.5, 0.6) is 5.75 Å². The summed E-state index contributed by atoms with van der Waals surface area (Å²) < 4.78 is 16.6.